The van der Waals surface area contributed by atoms with Gasteiger partial charge >= 0.3 is 29.6 Å². The molecule has 0 aliphatic carbocycles. The third-order valence-corrected chi connectivity index (χ3v) is 5.61. The predicted molar refractivity (Wildman–Crippen MR) is 126 cm³/mol. The average Bonchev–Trinajstić information content (AvgIpc) is 3.24. The summed E-state index contributed by atoms with van der Waals surface area (Å²) in [7, 11) is 0. The van der Waals surface area contributed by atoms with E-state index in [4.69, 9.17) is 4.42 Å². The van der Waals surface area contributed by atoms with Crippen LogP contribution in [0.5, 0.6) is 0 Å². The molecule has 174 valence electrons. The first-order chi connectivity index (χ1) is 15.6. The Morgan fingerprint density at radius 2 is 1.68 bits per heavy atom. The van der Waals surface area contributed by atoms with Crippen LogP contribution in [-0.2, 0) is 29.1 Å². The van der Waals surface area contributed by atoms with E-state index >= 15 is 0 Å². The number of hydrogen-bond acceptors (Lipinski definition) is 5. The molecule has 1 N–H and O–H groups in total. The Morgan fingerprint density at radius 3 is 2.26 bits per heavy atom. The molecule has 1 heterocycles. The van der Waals surface area contributed by atoms with Crippen molar-refractivity contribution in [3.8, 4) is 0 Å². The van der Waals surface area contributed by atoms with Gasteiger partial charge in [-0.2, -0.15) is 0 Å². The maximum absolute atomic E-state index is 12.8. The van der Waals surface area contributed by atoms with Gasteiger partial charge in [0.1, 0.15) is 5.76 Å². The number of carbonyl (C=O) groups excluding carboxylic acids is 2. The standard InChI is InChI=1S/C27H32N2O4.Na/c1-19-7-12-24(20(2)14-19)28-25(30)18-29(17-23-6-5-13-33-23)16-22-10-8-21(9-11-22)15-27(3,4)26(31)32;/h5-14H,15-18H2,1-4H3,(H,28,30)(H,31,32);/q;+1/p-1. The third-order valence-electron chi connectivity index (χ3n) is 5.61. The van der Waals surface area contributed by atoms with Gasteiger partial charge in [-0.25, -0.2) is 0 Å². The van der Waals surface area contributed by atoms with Crippen molar-refractivity contribution >= 4 is 17.6 Å². The Labute approximate surface area is 223 Å². The van der Waals surface area contributed by atoms with Crippen LogP contribution >= 0.6 is 0 Å². The second-order valence-corrected chi connectivity index (χ2v) is 9.26. The molecule has 0 aliphatic rings. The van der Waals surface area contributed by atoms with Gasteiger partial charge in [-0.3, -0.25) is 9.69 Å². The molecule has 3 aromatic rings. The fourth-order valence-electron chi connectivity index (χ4n) is 3.74. The van der Waals surface area contributed by atoms with Crippen molar-refractivity contribution in [1.82, 2.24) is 4.90 Å². The molecule has 0 saturated heterocycles. The molecule has 7 heteroatoms. The van der Waals surface area contributed by atoms with E-state index in [9.17, 15) is 14.7 Å². The summed E-state index contributed by atoms with van der Waals surface area (Å²) in [6, 6.07) is 17.5. The molecule has 3 rings (SSSR count). The minimum Gasteiger partial charge on any atom is -0.550 e. The van der Waals surface area contributed by atoms with E-state index in [-0.39, 0.29) is 42.0 Å². The number of carboxylic acids is 1. The van der Waals surface area contributed by atoms with Gasteiger partial charge in [0.15, 0.2) is 0 Å². The van der Waals surface area contributed by atoms with Crippen LogP contribution in [-0.4, -0.2) is 23.3 Å². The molecule has 0 fully saturated rings. The van der Waals surface area contributed by atoms with Gasteiger partial charge < -0.3 is 19.6 Å². The fraction of sp³-hybridized carbons (Fsp3) is 0.333. The zero-order valence-electron chi connectivity index (χ0n) is 20.7. The van der Waals surface area contributed by atoms with E-state index in [1.807, 2.05) is 73.3 Å². The van der Waals surface area contributed by atoms with Gasteiger partial charge in [-0.1, -0.05) is 55.8 Å². The number of nitrogens with one attached hydrogen (secondary N) is 1. The first-order valence-corrected chi connectivity index (χ1v) is 11.0. The summed E-state index contributed by atoms with van der Waals surface area (Å²) >= 11 is 0. The third kappa shape index (κ3) is 8.13. The number of furan rings is 1. The number of hydrogen-bond donors (Lipinski definition) is 1. The minimum atomic E-state index is -1.06. The molecule has 34 heavy (non-hydrogen) atoms. The van der Waals surface area contributed by atoms with E-state index in [1.165, 1.54) is 0 Å². The molecule has 0 aliphatic heterocycles. The van der Waals surface area contributed by atoms with Crippen LogP contribution in [0.15, 0.2) is 65.3 Å². The van der Waals surface area contributed by atoms with Gasteiger partial charge in [-0.05, 0) is 55.2 Å². The summed E-state index contributed by atoms with van der Waals surface area (Å²) in [4.78, 5) is 26.1. The number of carboxylic acid groups (broad SMARTS) is 1. The van der Waals surface area contributed by atoms with Crippen molar-refractivity contribution in [3.05, 3.63) is 88.9 Å². The van der Waals surface area contributed by atoms with Gasteiger partial charge in [0.2, 0.25) is 5.91 Å². The molecule has 0 unspecified atom stereocenters. The van der Waals surface area contributed by atoms with Crippen molar-refractivity contribution in [2.75, 3.05) is 11.9 Å². The number of benzene rings is 2. The van der Waals surface area contributed by atoms with E-state index in [2.05, 4.69) is 5.32 Å². The molecule has 0 spiro atoms. The summed E-state index contributed by atoms with van der Waals surface area (Å²) in [5.74, 6) is -0.381. The molecule has 1 aromatic heterocycles. The zero-order valence-corrected chi connectivity index (χ0v) is 22.7. The Balaban J connectivity index is 0.00000408. The van der Waals surface area contributed by atoms with Crippen molar-refractivity contribution in [2.24, 2.45) is 5.41 Å². The molecule has 0 atom stereocenters. The van der Waals surface area contributed by atoms with E-state index in [0.717, 1.165) is 33.7 Å². The number of aliphatic carboxylic acids is 1. The van der Waals surface area contributed by atoms with E-state index < -0.39 is 11.4 Å². The monoisotopic (exact) mass is 470 g/mol. The number of amides is 1. The van der Waals surface area contributed by atoms with Crippen LogP contribution < -0.4 is 40.0 Å². The van der Waals surface area contributed by atoms with Crippen LogP contribution in [0.1, 0.15) is 41.9 Å². The van der Waals surface area contributed by atoms with Crippen LogP contribution in [0.4, 0.5) is 5.69 Å². The topological polar surface area (TPSA) is 85.6 Å². The summed E-state index contributed by atoms with van der Waals surface area (Å²) in [6.07, 6.45) is 2.02. The summed E-state index contributed by atoms with van der Waals surface area (Å²) in [5.41, 5.74) is 4.00. The molecule has 0 saturated carbocycles. The summed E-state index contributed by atoms with van der Waals surface area (Å²) in [5, 5.41) is 14.3. The smallest absolute Gasteiger partial charge is 0.550 e. The van der Waals surface area contributed by atoms with Crippen molar-refractivity contribution in [1.29, 1.82) is 0 Å². The SMILES string of the molecule is Cc1ccc(NC(=O)CN(Cc2ccc(CC(C)(C)C(=O)[O-])cc2)Cc2ccco2)c(C)c1.[Na+]. The van der Waals surface area contributed by atoms with Crippen LogP contribution in [0.3, 0.4) is 0 Å². The molecular formula is C27H31N2NaO4. The quantitative estimate of drug-likeness (QED) is 0.445. The van der Waals surface area contributed by atoms with Gasteiger partial charge in [-0.15, -0.1) is 0 Å². The molecule has 1 amide bonds. The zero-order chi connectivity index (χ0) is 24.0. The minimum absolute atomic E-state index is 0. The summed E-state index contributed by atoms with van der Waals surface area (Å²) in [6.45, 7) is 8.57. The first kappa shape index (κ1) is 27.9. The molecular weight excluding hydrogens is 439 g/mol. The maximum Gasteiger partial charge on any atom is 1.00 e. The first-order valence-electron chi connectivity index (χ1n) is 11.0. The second-order valence-electron chi connectivity index (χ2n) is 9.26. The number of nitrogens with zero attached hydrogens (tertiary/aromatic N) is 1. The Morgan fingerprint density at radius 1 is 1.00 bits per heavy atom. The Kier molecular flexibility index (Phi) is 10.1. The number of anilines is 1. The van der Waals surface area contributed by atoms with Crippen molar-refractivity contribution in [3.63, 3.8) is 0 Å². The summed E-state index contributed by atoms with van der Waals surface area (Å²) < 4.78 is 5.50. The number of rotatable bonds is 10. The van der Waals surface area contributed by atoms with Gasteiger partial charge in [0.05, 0.1) is 19.4 Å². The molecule has 6 nitrogen and oxygen atoms in total. The normalized spacial score (nSPS) is 11.2. The van der Waals surface area contributed by atoms with Crippen LogP contribution in [0.25, 0.3) is 0 Å². The molecule has 0 radical (unpaired) electrons. The van der Waals surface area contributed by atoms with E-state index in [0.29, 0.717) is 19.5 Å². The Bertz CT molecular complexity index is 1090. The van der Waals surface area contributed by atoms with Crippen molar-refractivity contribution in [2.45, 2.75) is 47.2 Å². The van der Waals surface area contributed by atoms with Gasteiger partial charge in [0, 0.05) is 23.6 Å². The second kappa shape index (κ2) is 12.4. The average molecular weight is 471 g/mol. The van der Waals surface area contributed by atoms with Crippen LogP contribution in [0.2, 0.25) is 0 Å². The molecule has 2 aromatic carbocycles. The largest absolute Gasteiger partial charge is 1.00 e. The van der Waals surface area contributed by atoms with Gasteiger partial charge in [0.25, 0.3) is 0 Å². The van der Waals surface area contributed by atoms with E-state index in [1.54, 1.807) is 20.1 Å². The molecule has 0 bridgehead atoms. The maximum atomic E-state index is 12.8. The van der Waals surface area contributed by atoms with Crippen molar-refractivity contribution < 1.29 is 48.7 Å². The Hall–Kier alpha value is -2.38. The predicted octanol–water partition coefficient (Wildman–Crippen LogP) is 0.860. The fourth-order valence-corrected chi connectivity index (χ4v) is 3.74. The van der Waals surface area contributed by atoms with Crippen LogP contribution in [0, 0.1) is 19.3 Å². The number of carbonyl (C=O) groups is 2. The number of aryl methyl sites for hydroxylation is 2.